The molecule has 5 heteroatoms. The molecule has 2 rings (SSSR count). The van der Waals surface area contributed by atoms with Gasteiger partial charge in [0.1, 0.15) is 0 Å². The molecule has 1 aromatic heterocycles. The fourth-order valence-electron chi connectivity index (χ4n) is 1.22. The molecule has 0 radical (unpaired) electrons. The molecule has 0 atom stereocenters. The molecule has 0 unspecified atom stereocenters. The topological polar surface area (TPSA) is 55.1 Å². The summed E-state index contributed by atoms with van der Waals surface area (Å²) in [5.74, 6) is 0. The summed E-state index contributed by atoms with van der Waals surface area (Å²) >= 11 is 5.74. The highest BCUT2D eigenvalue weighted by Crippen LogP contribution is 2.20. The van der Waals surface area contributed by atoms with E-state index in [0.29, 0.717) is 5.02 Å². The molecule has 1 heterocycles. The molecule has 0 fully saturated rings. The molecule has 1 aromatic carbocycles. The van der Waals surface area contributed by atoms with E-state index in [2.05, 4.69) is 5.10 Å². The van der Waals surface area contributed by atoms with Crippen molar-refractivity contribution in [2.45, 2.75) is 0 Å². The number of rotatable bonds is 1. The first-order chi connectivity index (χ1) is 7.16. The van der Waals surface area contributed by atoms with Crippen LogP contribution in [0.25, 0.3) is 11.1 Å². The summed E-state index contributed by atoms with van der Waals surface area (Å²) in [6.45, 7) is 0. The number of nitrogens with zero attached hydrogens (tertiary/aromatic N) is 2. The molecule has 2 aromatic rings. The van der Waals surface area contributed by atoms with Crippen LogP contribution in [0, 0.1) is 0 Å². The molecular weight excluding hydrogens is 216 g/mol. The van der Waals surface area contributed by atoms with Crippen molar-refractivity contribution < 1.29 is 9.90 Å². The van der Waals surface area contributed by atoms with E-state index in [9.17, 15) is 4.79 Å². The van der Waals surface area contributed by atoms with Crippen LogP contribution in [0.3, 0.4) is 0 Å². The summed E-state index contributed by atoms with van der Waals surface area (Å²) in [6, 6.07) is 7.11. The van der Waals surface area contributed by atoms with Crippen LogP contribution in [0.15, 0.2) is 36.7 Å². The van der Waals surface area contributed by atoms with Gasteiger partial charge in [-0.25, -0.2) is 4.79 Å². The number of aromatic nitrogens is 2. The van der Waals surface area contributed by atoms with Crippen LogP contribution in [0.4, 0.5) is 4.79 Å². The molecule has 0 spiro atoms. The number of carboxylic acid groups (broad SMARTS) is 1. The molecule has 0 amide bonds. The summed E-state index contributed by atoms with van der Waals surface area (Å²) < 4.78 is 0.865. The quantitative estimate of drug-likeness (QED) is 0.807. The molecule has 4 nitrogen and oxygen atoms in total. The minimum absolute atomic E-state index is 0.643. The van der Waals surface area contributed by atoms with Crippen molar-refractivity contribution in [3.8, 4) is 11.1 Å². The Morgan fingerprint density at radius 3 is 2.47 bits per heavy atom. The number of benzene rings is 1. The summed E-state index contributed by atoms with van der Waals surface area (Å²) in [5.41, 5.74) is 1.63. The van der Waals surface area contributed by atoms with Crippen LogP contribution in [-0.2, 0) is 0 Å². The van der Waals surface area contributed by atoms with Crippen molar-refractivity contribution in [3.63, 3.8) is 0 Å². The van der Waals surface area contributed by atoms with Crippen molar-refractivity contribution in [2.24, 2.45) is 0 Å². The number of halogens is 1. The lowest BCUT2D eigenvalue weighted by molar-refractivity contribution is 0.192. The molecule has 1 N–H and O–H groups in total. The van der Waals surface area contributed by atoms with Gasteiger partial charge in [0, 0.05) is 16.8 Å². The molecule has 15 heavy (non-hydrogen) atoms. The molecule has 76 valence electrons. The van der Waals surface area contributed by atoms with Crippen molar-refractivity contribution in [2.75, 3.05) is 0 Å². The minimum Gasteiger partial charge on any atom is -0.463 e. The van der Waals surface area contributed by atoms with Crippen LogP contribution in [0.1, 0.15) is 0 Å². The zero-order chi connectivity index (χ0) is 10.8. The lowest BCUT2D eigenvalue weighted by atomic mass is 10.1. The molecular formula is C10H7ClN2O2. The Morgan fingerprint density at radius 2 is 1.93 bits per heavy atom. The molecule has 0 aliphatic heterocycles. The van der Waals surface area contributed by atoms with Crippen LogP contribution < -0.4 is 0 Å². The fourth-order valence-corrected chi connectivity index (χ4v) is 1.34. The van der Waals surface area contributed by atoms with Crippen molar-refractivity contribution >= 4 is 17.7 Å². The lowest BCUT2D eigenvalue weighted by Gasteiger charge is -1.95. The first-order valence-electron chi connectivity index (χ1n) is 4.21. The standard InChI is InChI=1S/C10H7ClN2O2/c11-9-3-1-7(2-4-9)8-5-12-13(6-8)10(14)15/h1-6H,(H,14,15). The number of carbonyl (C=O) groups is 1. The van der Waals surface area contributed by atoms with Crippen LogP contribution in [-0.4, -0.2) is 21.0 Å². The lowest BCUT2D eigenvalue weighted by Crippen LogP contribution is -2.07. The van der Waals surface area contributed by atoms with Crippen LogP contribution in [0.5, 0.6) is 0 Å². The second-order valence-electron chi connectivity index (χ2n) is 2.96. The van der Waals surface area contributed by atoms with Crippen LogP contribution >= 0.6 is 11.6 Å². The number of hydrogen-bond donors (Lipinski definition) is 1. The van der Waals surface area contributed by atoms with E-state index in [-0.39, 0.29) is 0 Å². The second kappa shape index (κ2) is 3.74. The van der Waals surface area contributed by atoms with Gasteiger partial charge in [-0.3, -0.25) is 0 Å². The predicted molar refractivity (Wildman–Crippen MR) is 56.1 cm³/mol. The van der Waals surface area contributed by atoms with Crippen molar-refractivity contribution in [1.29, 1.82) is 0 Å². The third-order valence-electron chi connectivity index (χ3n) is 1.96. The van der Waals surface area contributed by atoms with E-state index in [4.69, 9.17) is 16.7 Å². The summed E-state index contributed by atoms with van der Waals surface area (Å²) in [4.78, 5) is 10.6. The molecule has 0 saturated heterocycles. The fraction of sp³-hybridized carbons (Fsp3) is 0. The maximum atomic E-state index is 10.6. The Kier molecular flexibility index (Phi) is 2.43. The first kappa shape index (κ1) is 9.73. The zero-order valence-electron chi connectivity index (χ0n) is 7.59. The van der Waals surface area contributed by atoms with Gasteiger partial charge in [0.25, 0.3) is 0 Å². The van der Waals surface area contributed by atoms with Crippen LogP contribution in [0.2, 0.25) is 5.02 Å². The van der Waals surface area contributed by atoms with Gasteiger partial charge in [-0.15, -0.1) is 0 Å². The Hall–Kier alpha value is -1.81. The van der Waals surface area contributed by atoms with E-state index >= 15 is 0 Å². The predicted octanol–water partition coefficient (Wildman–Crippen LogP) is 2.73. The zero-order valence-corrected chi connectivity index (χ0v) is 8.35. The van der Waals surface area contributed by atoms with Gasteiger partial charge in [-0.05, 0) is 17.7 Å². The molecule has 0 bridgehead atoms. The van der Waals surface area contributed by atoms with Gasteiger partial charge >= 0.3 is 6.09 Å². The Labute approximate surface area is 90.7 Å². The average Bonchev–Trinajstić information content (AvgIpc) is 2.68. The summed E-state index contributed by atoms with van der Waals surface area (Å²) in [7, 11) is 0. The largest absolute Gasteiger partial charge is 0.463 e. The highest BCUT2D eigenvalue weighted by atomic mass is 35.5. The molecule has 0 aliphatic rings. The highest BCUT2D eigenvalue weighted by molar-refractivity contribution is 6.30. The Balaban J connectivity index is 2.37. The van der Waals surface area contributed by atoms with Gasteiger partial charge in [0.05, 0.1) is 6.20 Å². The van der Waals surface area contributed by atoms with E-state index < -0.39 is 6.09 Å². The third kappa shape index (κ3) is 1.99. The monoisotopic (exact) mass is 222 g/mol. The van der Waals surface area contributed by atoms with Gasteiger partial charge < -0.3 is 5.11 Å². The van der Waals surface area contributed by atoms with E-state index in [1.807, 2.05) is 12.1 Å². The molecule has 0 aliphatic carbocycles. The first-order valence-corrected chi connectivity index (χ1v) is 4.58. The third-order valence-corrected chi connectivity index (χ3v) is 2.21. The second-order valence-corrected chi connectivity index (χ2v) is 3.40. The van der Waals surface area contributed by atoms with E-state index in [1.165, 1.54) is 12.4 Å². The van der Waals surface area contributed by atoms with Gasteiger partial charge in [-0.1, -0.05) is 23.7 Å². The normalized spacial score (nSPS) is 10.2. The smallest absolute Gasteiger partial charge is 0.432 e. The SMILES string of the molecule is O=C(O)n1cc(-c2ccc(Cl)cc2)cn1. The van der Waals surface area contributed by atoms with Crippen molar-refractivity contribution in [1.82, 2.24) is 9.78 Å². The maximum Gasteiger partial charge on any atom is 0.432 e. The number of hydrogen-bond acceptors (Lipinski definition) is 2. The Bertz CT molecular complexity index is 490. The molecule has 0 saturated carbocycles. The van der Waals surface area contributed by atoms with Gasteiger partial charge in [0.2, 0.25) is 0 Å². The van der Waals surface area contributed by atoms with Gasteiger partial charge in [-0.2, -0.15) is 9.78 Å². The summed E-state index contributed by atoms with van der Waals surface area (Å²) in [6.07, 6.45) is 1.85. The van der Waals surface area contributed by atoms with E-state index in [1.54, 1.807) is 12.1 Å². The summed E-state index contributed by atoms with van der Waals surface area (Å²) in [5, 5.41) is 13.0. The minimum atomic E-state index is -1.10. The van der Waals surface area contributed by atoms with Crippen molar-refractivity contribution in [3.05, 3.63) is 41.7 Å². The maximum absolute atomic E-state index is 10.6. The average molecular weight is 223 g/mol. The van der Waals surface area contributed by atoms with Gasteiger partial charge in [0.15, 0.2) is 0 Å². The highest BCUT2D eigenvalue weighted by Gasteiger charge is 2.05. The van der Waals surface area contributed by atoms with E-state index in [0.717, 1.165) is 15.8 Å². The Morgan fingerprint density at radius 1 is 1.27 bits per heavy atom.